The van der Waals surface area contributed by atoms with Crippen LogP contribution in [0.15, 0.2) is 60.8 Å². The number of carbonyl (C=O) groups excluding carboxylic acids is 2. The van der Waals surface area contributed by atoms with Crippen molar-refractivity contribution in [2.45, 2.75) is 26.7 Å². The number of hydrogen-bond donors (Lipinski definition) is 2. The van der Waals surface area contributed by atoms with E-state index >= 15 is 0 Å². The Kier molecular flexibility index (Phi) is 6.84. The maximum Gasteiger partial charge on any atom is 0.227 e. The molecule has 2 heterocycles. The second-order valence-corrected chi connectivity index (χ2v) is 9.75. The van der Waals surface area contributed by atoms with E-state index in [1.807, 2.05) is 61.2 Å². The van der Waals surface area contributed by atoms with E-state index in [0.717, 1.165) is 67.3 Å². The van der Waals surface area contributed by atoms with Gasteiger partial charge < -0.3 is 20.4 Å². The lowest BCUT2D eigenvalue weighted by Gasteiger charge is -2.37. The largest absolute Gasteiger partial charge is 0.368 e. The fourth-order valence-corrected chi connectivity index (χ4v) is 4.33. The van der Waals surface area contributed by atoms with Crippen molar-refractivity contribution in [1.82, 2.24) is 14.9 Å². The third kappa shape index (κ3) is 5.64. The Bertz CT molecular complexity index is 1210. The van der Waals surface area contributed by atoms with Crippen LogP contribution in [0, 0.1) is 11.8 Å². The Hall–Kier alpha value is -3.94. The van der Waals surface area contributed by atoms with Gasteiger partial charge >= 0.3 is 0 Å². The molecular weight excluding hydrogens is 452 g/mol. The number of piperazine rings is 1. The minimum atomic E-state index is 0.0432. The summed E-state index contributed by atoms with van der Waals surface area (Å²) in [7, 11) is 0. The van der Waals surface area contributed by atoms with Crippen molar-refractivity contribution in [2.75, 3.05) is 41.7 Å². The lowest BCUT2D eigenvalue weighted by Crippen LogP contribution is -2.49. The number of aromatic nitrogens is 2. The van der Waals surface area contributed by atoms with Gasteiger partial charge in [0.15, 0.2) is 0 Å². The lowest BCUT2D eigenvalue weighted by molar-refractivity contribution is -0.134. The number of carbonyl (C=O) groups is 2. The van der Waals surface area contributed by atoms with Crippen LogP contribution in [0.2, 0.25) is 0 Å². The molecule has 2 N–H and O–H groups in total. The highest BCUT2D eigenvalue weighted by atomic mass is 16.2. The molecule has 3 aromatic rings. The summed E-state index contributed by atoms with van der Waals surface area (Å²) in [6.07, 6.45) is 3.71. The zero-order valence-electron chi connectivity index (χ0n) is 20.8. The summed E-state index contributed by atoms with van der Waals surface area (Å²) in [4.78, 5) is 37.5. The predicted octanol–water partition coefficient (Wildman–Crippen LogP) is 4.54. The highest BCUT2D eigenvalue weighted by molar-refractivity contribution is 5.94. The first-order chi connectivity index (χ1) is 17.5. The molecule has 0 spiro atoms. The molecule has 8 nitrogen and oxygen atoms in total. The summed E-state index contributed by atoms with van der Waals surface area (Å²) in [5.41, 5.74) is 4.60. The summed E-state index contributed by atoms with van der Waals surface area (Å²) in [6, 6.07) is 17.8. The average Bonchev–Trinajstić information content (AvgIpc) is 3.75. The van der Waals surface area contributed by atoms with Gasteiger partial charge in [-0.1, -0.05) is 26.0 Å². The quantitative estimate of drug-likeness (QED) is 0.512. The van der Waals surface area contributed by atoms with Crippen LogP contribution in [-0.4, -0.2) is 52.9 Å². The van der Waals surface area contributed by atoms with Crippen molar-refractivity contribution >= 4 is 34.8 Å². The number of hydrogen-bond acceptors (Lipinski definition) is 6. The molecule has 1 saturated carbocycles. The molecule has 1 aliphatic heterocycles. The Morgan fingerprint density at radius 2 is 1.56 bits per heavy atom. The highest BCUT2D eigenvalue weighted by Crippen LogP contribution is 2.30. The molecule has 0 radical (unpaired) electrons. The third-order valence-electron chi connectivity index (χ3n) is 6.63. The summed E-state index contributed by atoms with van der Waals surface area (Å²) in [5.74, 6) is 1.08. The third-order valence-corrected chi connectivity index (χ3v) is 6.63. The normalized spacial score (nSPS) is 15.6. The van der Waals surface area contributed by atoms with Gasteiger partial charge in [-0.2, -0.15) is 0 Å². The van der Waals surface area contributed by atoms with Crippen molar-refractivity contribution < 1.29 is 9.59 Å². The van der Waals surface area contributed by atoms with E-state index in [1.165, 1.54) is 0 Å². The Morgan fingerprint density at radius 3 is 2.19 bits per heavy atom. The van der Waals surface area contributed by atoms with Crippen LogP contribution < -0.4 is 15.5 Å². The van der Waals surface area contributed by atoms with E-state index in [-0.39, 0.29) is 23.7 Å². The van der Waals surface area contributed by atoms with E-state index in [1.54, 1.807) is 6.20 Å². The Labute approximate surface area is 211 Å². The first kappa shape index (κ1) is 23.8. The molecule has 1 aromatic heterocycles. The van der Waals surface area contributed by atoms with Crippen LogP contribution >= 0.6 is 0 Å². The van der Waals surface area contributed by atoms with Crippen LogP contribution in [0.25, 0.3) is 11.3 Å². The summed E-state index contributed by atoms with van der Waals surface area (Å²) in [5, 5.41) is 6.25. The van der Waals surface area contributed by atoms with Gasteiger partial charge in [-0.05, 0) is 55.3 Å². The van der Waals surface area contributed by atoms with Gasteiger partial charge in [-0.15, -0.1) is 0 Å². The van der Waals surface area contributed by atoms with Gasteiger partial charge in [-0.25, -0.2) is 9.97 Å². The van der Waals surface area contributed by atoms with Gasteiger partial charge in [0.25, 0.3) is 0 Å². The van der Waals surface area contributed by atoms with Crippen LogP contribution in [0.4, 0.5) is 23.0 Å². The summed E-state index contributed by atoms with van der Waals surface area (Å²) < 4.78 is 0. The summed E-state index contributed by atoms with van der Waals surface area (Å²) in [6.45, 7) is 7.08. The van der Waals surface area contributed by atoms with E-state index in [2.05, 4.69) is 37.6 Å². The van der Waals surface area contributed by atoms with Crippen LogP contribution in [0.1, 0.15) is 26.7 Å². The maximum absolute atomic E-state index is 12.2. The molecule has 1 aliphatic carbocycles. The van der Waals surface area contributed by atoms with Crippen molar-refractivity contribution in [2.24, 2.45) is 11.8 Å². The molecular formula is C28H32N6O2. The average molecular weight is 485 g/mol. The Morgan fingerprint density at radius 1 is 0.889 bits per heavy atom. The number of benzene rings is 2. The van der Waals surface area contributed by atoms with Gasteiger partial charge in [0.1, 0.15) is 0 Å². The smallest absolute Gasteiger partial charge is 0.227 e. The number of nitrogens with one attached hydrogen (secondary N) is 2. The van der Waals surface area contributed by atoms with Gasteiger partial charge in [0.05, 0.1) is 5.69 Å². The highest BCUT2D eigenvalue weighted by Gasteiger charge is 2.29. The van der Waals surface area contributed by atoms with Crippen LogP contribution in [0.3, 0.4) is 0 Å². The predicted molar refractivity (Wildman–Crippen MR) is 142 cm³/mol. The van der Waals surface area contributed by atoms with Crippen LogP contribution in [-0.2, 0) is 9.59 Å². The molecule has 8 heteroatoms. The molecule has 5 rings (SSSR count). The molecule has 0 bridgehead atoms. The second-order valence-electron chi connectivity index (χ2n) is 9.75. The molecule has 0 unspecified atom stereocenters. The summed E-state index contributed by atoms with van der Waals surface area (Å²) >= 11 is 0. The number of nitrogens with zero attached hydrogens (tertiary/aromatic N) is 4. The number of anilines is 4. The minimum absolute atomic E-state index is 0.0432. The van der Waals surface area contributed by atoms with Crippen LogP contribution in [0.5, 0.6) is 0 Å². The molecule has 2 fully saturated rings. The van der Waals surface area contributed by atoms with Crippen molar-refractivity contribution in [3.63, 3.8) is 0 Å². The molecule has 0 atom stereocenters. The number of amides is 2. The van der Waals surface area contributed by atoms with E-state index in [9.17, 15) is 9.59 Å². The molecule has 186 valence electrons. The fourth-order valence-electron chi connectivity index (χ4n) is 4.33. The van der Waals surface area contributed by atoms with Crippen molar-refractivity contribution in [3.05, 3.63) is 60.8 Å². The van der Waals surface area contributed by atoms with E-state index in [0.29, 0.717) is 5.95 Å². The van der Waals surface area contributed by atoms with Gasteiger partial charge in [-0.3, -0.25) is 9.59 Å². The molecule has 2 aromatic carbocycles. The zero-order valence-corrected chi connectivity index (χ0v) is 20.8. The molecule has 1 saturated heterocycles. The topological polar surface area (TPSA) is 90.5 Å². The maximum atomic E-state index is 12.2. The molecule has 2 amide bonds. The number of rotatable bonds is 7. The second kappa shape index (κ2) is 10.4. The monoisotopic (exact) mass is 484 g/mol. The van der Waals surface area contributed by atoms with Crippen molar-refractivity contribution in [3.8, 4) is 11.3 Å². The van der Waals surface area contributed by atoms with Gasteiger partial charge in [0.2, 0.25) is 17.8 Å². The fraction of sp³-hybridized carbons (Fsp3) is 0.357. The van der Waals surface area contributed by atoms with E-state index < -0.39 is 0 Å². The zero-order chi connectivity index (χ0) is 25.1. The SMILES string of the molecule is CC(C)C(=O)N1CCN(c2ccc(Nc3nccc(-c4ccc(NC(=O)C5CC5)cc4)n3)cc2)CC1. The lowest BCUT2D eigenvalue weighted by atomic mass is 10.1. The first-order valence-corrected chi connectivity index (χ1v) is 12.6. The first-order valence-electron chi connectivity index (χ1n) is 12.6. The Balaban J connectivity index is 1.19. The van der Waals surface area contributed by atoms with Gasteiger partial charge in [0, 0.05) is 66.8 Å². The molecule has 2 aliphatic rings. The minimum Gasteiger partial charge on any atom is -0.368 e. The van der Waals surface area contributed by atoms with Crippen molar-refractivity contribution in [1.29, 1.82) is 0 Å². The standard InChI is InChI=1S/C28H32N6O2/c1-19(2)27(36)34-17-15-33(16-18-34)24-11-9-23(10-12-24)31-28-29-14-13-25(32-28)20-5-7-22(8-6-20)30-26(35)21-3-4-21/h5-14,19,21H,3-4,15-18H2,1-2H3,(H,30,35)(H,29,31,32). The van der Waals surface area contributed by atoms with E-state index in [4.69, 9.17) is 0 Å². The molecule has 36 heavy (non-hydrogen) atoms.